The smallest absolute Gasteiger partial charge is 0.348 e. The molecule has 0 bridgehead atoms. The zero-order chi connectivity index (χ0) is 14.0. The number of rotatable bonds is 3. The predicted octanol–water partition coefficient (Wildman–Crippen LogP) is 3.06. The van der Waals surface area contributed by atoms with Crippen molar-refractivity contribution in [1.29, 1.82) is 0 Å². The summed E-state index contributed by atoms with van der Waals surface area (Å²) in [6, 6.07) is 3.02. The molecule has 0 aliphatic carbocycles. The number of nitrogens with one attached hydrogen (secondary N) is 1. The zero-order valence-corrected chi connectivity index (χ0v) is 11.4. The van der Waals surface area contributed by atoms with Gasteiger partial charge in [-0.25, -0.2) is 9.78 Å². The van der Waals surface area contributed by atoms with E-state index in [1.165, 1.54) is 12.3 Å². The number of anilines is 1. The minimum atomic E-state index is -1.07. The fourth-order valence-electron chi connectivity index (χ4n) is 1.44. The molecular weight excluding hydrogens is 288 g/mol. The van der Waals surface area contributed by atoms with Crippen molar-refractivity contribution >= 4 is 40.5 Å². The Kier molecular flexibility index (Phi) is 3.82. The number of carbonyl (C=O) groups is 2. The number of hydrogen-bond acceptors (Lipinski definition) is 4. The Bertz CT molecular complexity index is 637. The molecule has 0 radical (unpaired) electrons. The van der Waals surface area contributed by atoms with Gasteiger partial charge >= 0.3 is 5.97 Å². The Balaban J connectivity index is 2.26. The molecule has 0 unspecified atom stereocenters. The number of halogens is 1. The lowest BCUT2D eigenvalue weighted by Gasteiger charge is -2.05. The molecule has 7 heteroatoms. The highest BCUT2D eigenvalue weighted by molar-refractivity contribution is 7.12. The van der Waals surface area contributed by atoms with Gasteiger partial charge in [0.05, 0.1) is 10.7 Å². The fraction of sp³-hybridized carbons (Fsp3) is 0.0833. The molecule has 0 atom stereocenters. The Hall–Kier alpha value is -1.92. The summed E-state index contributed by atoms with van der Waals surface area (Å²) in [6.07, 6.45) is 1.36. The number of carbonyl (C=O) groups excluding carboxylic acids is 1. The predicted molar refractivity (Wildman–Crippen MR) is 73.2 cm³/mol. The number of hydrogen-bond donors (Lipinski definition) is 2. The van der Waals surface area contributed by atoms with Crippen molar-refractivity contribution in [3.05, 3.63) is 44.9 Å². The molecule has 2 heterocycles. The summed E-state index contributed by atoms with van der Waals surface area (Å²) in [4.78, 5) is 26.9. The first-order chi connectivity index (χ1) is 8.99. The second kappa shape index (κ2) is 5.38. The first kappa shape index (κ1) is 13.5. The Labute approximate surface area is 117 Å². The number of amides is 1. The summed E-state index contributed by atoms with van der Waals surface area (Å²) in [7, 11) is 0. The number of aromatic carboxylic acids is 1. The van der Waals surface area contributed by atoms with E-state index in [9.17, 15) is 9.59 Å². The van der Waals surface area contributed by atoms with Gasteiger partial charge in [-0.1, -0.05) is 11.6 Å². The van der Waals surface area contributed by atoms with Gasteiger partial charge in [-0.2, -0.15) is 0 Å². The molecule has 0 saturated carbocycles. The van der Waals surface area contributed by atoms with Crippen LogP contribution in [0, 0.1) is 6.92 Å². The molecule has 0 aliphatic heterocycles. The molecule has 2 aromatic heterocycles. The highest BCUT2D eigenvalue weighted by atomic mass is 35.5. The van der Waals surface area contributed by atoms with Crippen molar-refractivity contribution in [2.24, 2.45) is 0 Å². The van der Waals surface area contributed by atoms with Crippen LogP contribution in [0.15, 0.2) is 23.7 Å². The molecule has 2 N–H and O–H groups in total. The van der Waals surface area contributed by atoms with E-state index in [1.807, 2.05) is 0 Å². The highest BCUT2D eigenvalue weighted by Gasteiger charge is 2.18. The minimum Gasteiger partial charge on any atom is -0.477 e. The lowest BCUT2D eigenvalue weighted by molar-refractivity contribution is 0.0703. The van der Waals surface area contributed by atoms with Crippen LogP contribution in [-0.2, 0) is 0 Å². The van der Waals surface area contributed by atoms with Gasteiger partial charge in [0.15, 0.2) is 0 Å². The SMILES string of the molecule is Cc1csc(C(=O)O)c1NC(=O)c1ccc(Cl)cn1. The number of carboxylic acids is 1. The van der Waals surface area contributed by atoms with Crippen LogP contribution < -0.4 is 5.32 Å². The number of aromatic nitrogens is 1. The van der Waals surface area contributed by atoms with Crippen molar-refractivity contribution in [1.82, 2.24) is 4.98 Å². The number of carboxylic acid groups (broad SMARTS) is 1. The van der Waals surface area contributed by atoms with E-state index in [4.69, 9.17) is 16.7 Å². The van der Waals surface area contributed by atoms with Crippen molar-refractivity contribution < 1.29 is 14.7 Å². The summed E-state index contributed by atoms with van der Waals surface area (Å²) in [5, 5.41) is 13.7. The van der Waals surface area contributed by atoms with E-state index in [1.54, 1.807) is 18.4 Å². The van der Waals surface area contributed by atoms with E-state index < -0.39 is 11.9 Å². The van der Waals surface area contributed by atoms with E-state index in [0.717, 1.165) is 11.3 Å². The molecule has 2 aromatic rings. The molecule has 1 amide bonds. The quantitative estimate of drug-likeness (QED) is 0.912. The van der Waals surface area contributed by atoms with Gasteiger partial charge in [-0.05, 0) is 30.0 Å². The van der Waals surface area contributed by atoms with Crippen LogP contribution in [0.2, 0.25) is 5.02 Å². The molecule has 0 fully saturated rings. The Morgan fingerprint density at radius 3 is 2.74 bits per heavy atom. The lowest BCUT2D eigenvalue weighted by Crippen LogP contribution is -2.15. The molecule has 98 valence electrons. The van der Waals surface area contributed by atoms with Crippen LogP contribution >= 0.6 is 22.9 Å². The fourth-order valence-corrected chi connectivity index (χ4v) is 2.40. The van der Waals surface area contributed by atoms with Crippen LogP contribution in [-0.4, -0.2) is 22.0 Å². The summed E-state index contributed by atoms with van der Waals surface area (Å²) >= 11 is 6.75. The van der Waals surface area contributed by atoms with Gasteiger partial charge in [-0.15, -0.1) is 11.3 Å². The van der Waals surface area contributed by atoms with Crippen LogP contribution in [0.25, 0.3) is 0 Å². The molecular formula is C12H9ClN2O3S. The standard InChI is InChI=1S/C12H9ClN2O3S/c1-6-5-19-10(12(17)18)9(6)15-11(16)8-3-2-7(13)4-14-8/h2-5H,1H3,(H,15,16)(H,17,18). The Morgan fingerprint density at radius 1 is 1.42 bits per heavy atom. The van der Waals surface area contributed by atoms with Gasteiger partial charge in [0.25, 0.3) is 5.91 Å². The van der Waals surface area contributed by atoms with Crippen LogP contribution in [0.1, 0.15) is 25.7 Å². The maximum atomic E-state index is 11.9. The van der Waals surface area contributed by atoms with Crippen molar-refractivity contribution in [3.8, 4) is 0 Å². The molecule has 0 aliphatic rings. The molecule has 5 nitrogen and oxygen atoms in total. The summed E-state index contributed by atoms with van der Waals surface area (Å²) in [6.45, 7) is 1.73. The average Bonchev–Trinajstić information content (AvgIpc) is 2.72. The third-order valence-electron chi connectivity index (χ3n) is 2.37. The van der Waals surface area contributed by atoms with Gasteiger partial charge < -0.3 is 10.4 Å². The molecule has 2 rings (SSSR count). The Morgan fingerprint density at radius 2 is 2.16 bits per heavy atom. The van der Waals surface area contributed by atoms with E-state index in [0.29, 0.717) is 16.3 Å². The minimum absolute atomic E-state index is 0.0970. The van der Waals surface area contributed by atoms with Crippen LogP contribution in [0.4, 0.5) is 5.69 Å². The van der Waals surface area contributed by atoms with Gasteiger partial charge in [0, 0.05) is 6.20 Å². The second-order valence-corrected chi connectivity index (χ2v) is 5.06. The number of nitrogens with zero attached hydrogens (tertiary/aromatic N) is 1. The van der Waals surface area contributed by atoms with E-state index in [-0.39, 0.29) is 10.6 Å². The van der Waals surface area contributed by atoms with E-state index in [2.05, 4.69) is 10.3 Å². The number of aryl methyl sites for hydroxylation is 1. The average molecular weight is 297 g/mol. The summed E-state index contributed by atoms with van der Waals surface area (Å²) < 4.78 is 0. The van der Waals surface area contributed by atoms with Crippen molar-refractivity contribution in [3.63, 3.8) is 0 Å². The van der Waals surface area contributed by atoms with Crippen LogP contribution in [0.3, 0.4) is 0 Å². The second-order valence-electron chi connectivity index (χ2n) is 3.74. The maximum Gasteiger partial charge on any atom is 0.348 e. The topological polar surface area (TPSA) is 79.3 Å². The normalized spacial score (nSPS) is 10.2. The van der Waals surface area contributed by atoms with Gasteiger partial charge in [-0.3, -0.25) is 4.79 Å². The number of pyridine rings is 1. The monoisotopic (exact) mass is 296 g/mol. The molecule has 19 heavy (non-hydrogen) atoms. The largest absolute Gasteiger partial charge is 0.477 e. The first-order valence-corrected chi connectivity index (χ1v) is 6.49. The highest BCUT2D eigenvalue weighted by Crippen LogP contribution is 2.27. The van der Waals surface area contributed by atoms with Gasteiger partial charge in [0.1, 0.15) is 10.6 Å². The first-order valence-electron chi connectivity index (χ1n) is 5.23. The maximum absolute atomic E-state index is 11.9. The zero-order valence-electron chi connectivity index (χ0n) is 9.81. The molecule has 0 spiro atoms. The summed E-state index contributed by atoms with van der Waals surface area (Å²) in [5.74, 6) is -1.54. The van der Waals surface area contributed by atoms with Crippen molar-refractivity contribution in [2.75, 3.05) is 5.32 Å². The molecule has 0 aromatic carbocycles. The summed E-state index contributed by atoms with van der Waals surface area (Å²) in [5.41, 5.74) is 1.18. The van der Waals surface area contributed by atoms with E-state index >= 15 is 0 Å². The molecule has 0 saturated heterocycles. The van der Waals surface area contributed by atoms with Gasteiger partial charge in [0.2, 0.25) is 0 Å². The lowest BCUT2D eigenvalue weighted by atomic mass is 10.2. The number of thiophene rings is 1. The third-order valence-corrected chi connectivity index (χ3v) is 3.68. The van der Waals surface area contributed by atoms with Crippen molar-refractivity contribution in [2.45, 2.75) is 6.92 Å². The third kappa shape index (κ3) is 2.91. The van der Waals surface area contributed by atoms with Crippen LogP contribution in [0.5, 0.6) is 0 Å².